The van der Waals surface area contributed by atoms with Gasteiger partial charge in [0.1, 0.15) is 0 Å². The zero-order valence-electron chi connectivity index (χ0n) is 64.2. The number of hydrogen-bond acceptors (Lipinski definition) is 23. The number of benzene rings is 4. The predicted molar refractivity (Wildman–Crippen MR) is 411 cm³/mol. The molecule has 0 amide bonds. The average Bonchev–Trinajstić information content (AvgIpc) is 1.69. The van der Waals surface area contributed by atoms with Gasteiger partial charge < -0.3 is 105 Å². The number of aromatic carboxylic acids is 8. The van der Waals surface area contributed by atoms with Crippen LogP contribution in [0, 0.1) is 27.7 Å². The number of carboxylic acids is 8. The van der Waals surface area contributed by atoms with E-state index in [-0.39, 0.29) is 138 Å². The van der Waals surface area contributed by atoms with E-state index in [2.05, 4.69) is 74.8 Å². The predicted octanol–water partition coefficient (Wildman–Crippen LogP) is 6.94. The minimum absolute atomic E-state index is 0. The molecule has 0 spiro atoms. The second kappa shape index (κ2) is 60.7. The van der Waals surface area contributed by atoms with Crippen LogP contribution in [0.4, 0.5) is 0 Å². The maximum atomic E-state index is 10.8. The van der Waals surface area contributed by atoms with Crippen molar-refractivity contribution in [2.45, 2.75) is 27.7 Å². The quantitative estimate of drug-likeness (QED) is 0.0710. The van der Waals surface area contributed by atoms with Gasteiger partial charge in [-0.2, -0.15) is 0 Å². The first-order valence-electron chi connectivity index (χ1n) is 33.2. The standard InChI is InChI=1S/4C12H10N2O4.7C5H5N.4Cd.H2O/c4*1-6-2-4-7(5-3-6)10-13-8(11(15)16)9(14-10)12(17)18;7*1-2-4-6-5-3-1;;;;;/h4*2-5H,1H3,(H3,13,14,15,16,17,18);7*1-5H;;;;;1H2/q;;;;;;;;;;;4*+2;/p-7. The van der Waals surface area contributed by atoms with Gasteiger partial charge >= 0.3 is 133 Å². The topological polar surface area (TPSA) is 541 Å². The monoisotopic (exact) mass is 2000 g/mol. The Labute approximate surface area is 761 Å². The zero-order chi connectivity index (χ0) is 82.8. The fraction of sp³-hybridized carbons (Fsp3) is 0.0482. The van der Waals surface area contributed by atoms with E-state index in [9.17, 15) is 58.8 Å². The summed E-state index contributed by atoms with van der Waals surface area (Å²) in [5.74, 6) is -12.1. The van der Waals surface area contributed by atoms with E-state index in [1.807, 2.05) is 155 Å². The molecular weight excluding hydrogens is 1930 g/mol. The molecule has 0 saturated carbocycles. The molecule has 0 radical (unpaired) electrons. The third kappa shape index (κ3) is 41.0. The van der Waals surface area contributed by atoms with Gasteiger partial charge in [-0.15, -0.1) is 0 Å². The van der Waals surface area contributed by atoms with E-state index in [4.69, 9.17) is 20.4 Å². The van der Waals surface area contributed by atoms with Crippen molar-refractivity contribution in [1.29, 1.82) is 0 Å². The molecule has 0 atom stereocenters. The van der Waals surface area contributed by atoms with Crippen LogP contribution < -0.4 is 40.4 Å². The summed E-state index contributed by atoms with van der Waals surface area (Å²) in [5, 5.41) is 78.3. The van der Waals surface area contributed by atoms with Crippen LogP contribution in [0.25, 0.3) is 45.6 Å². The van der Waals surface area contributed by atoms with Gasteiger partial charge in [0.25, 0.3) is 0 Å². The van der Waals surface area contributed by atoms with Crippen LogP contribution in [0.15, 0.2) is 311 Å². The fourth-order valence-corrected chi connectivity index (χ4v) is 8.05. The molecule has 586 valence electrons. The molecule has 7 N–H and O–H groups in total. The minimum Gasteiger partial charge on any atom is -0.545 e. The number of aryl methyl sites for hydroxylation is 4. The largest absolute Gasteiger partial charge is 2.00 e. The molecular formula is C83H70Cd4N15O17+. The molecule has 11 heterocycles. The van der Waals surface area contributed by atoms with E-state index in [1.165, 1.54) is 0 Å². The average molecular weight is 2000 g/mol. The molecule has 0 aliphatic rings. The van der Waals surface area contributed by atoms with Crippen molar-refractivity contribution in [2.24, 2.45) is 0 Å². The second-order valence-electron chi connectivity index (χ2n) is 22.0. The van der Waals surface area contributed by atoms with Gasteiger partial charge in [-0.05, 0) is 158 Å². The van der Waals surface area contributed by atoms with E-state index < -0.39 is 93.3 Å². The number of hydrogen-bond donors (Lipinski definition) is 4. The molecule has 15 rings (SSSR count). The number of pyridine rings is 7. The van der Waals surface area contributed by atoms with Gasteiger partial charge in [0.15, 0.2) is 0 Å². The smallest absolute Gasteiger partial charge is 0.545 e. The molecule has 0 fully saturated rings. The van der Waals surface area contributed by atoms with E-state index >= 15 is 0 Å². The van der Waals surface area contributed by atoms with E-state index in [0.29, 0.717) is 22.3 Å². The van der Waals surface area contributed by atoms with Gasteiger partial charge in [0.2, 0.25) is 0 Å². The van der Waals surface area contributed by atoms with Gasteiger partial charge in [-0.3, -0.25) is 34.9 Å². The van der Waals surface area contributed by atoms with Crippen LogP contribution in [-0.4, -0.2) is 123 Å². The zero-order valence-corrected chi connectivity index (χ0v) is 80.4. The SMILES string of the molecule is Cc1ccc(-c2nc(C(=O)O)c(C(=O)[O-])[n-]2)cc1.Cc1ccc(-c2nc(C(=O)O)c(C(=O)[O-])[n-]2)cc1.Cc1ccc(-c2nc(C(=O)O)c(C(=O)[O-])[n-]2)cc1.Cc1ccc(-c2nc(C(=O)O)c(C(=O)[O-])[n-]2)cc1.[Cd+2].[Cd+2].[Cd+2].[Cd+2].[OH3+].c1ccncc1.c1ccncc1.c1ccncc1.c1ccncc1.c1ccncc1.c1ccncc1.c1ccncc1. The van der Waals surface area contributed by atoms with Crippen LogP contribution >= 0.6 is 0 Å². The van der Waals surface area contributed by atoms with Crippen LogP contribution in [0.5, 0.6) is 0 Å². The molecule has 119 heavy (non-hydrogen) atoms. The third-order valence-corrected chi connectivity index (χ3v) is 13.4. The van der Waals surface area contributed by atoms with Crippen molar-refractivity contribution in [2.75, 3.05) is 0 Å². The Balaban J connectivity index is 0.00000133. The van der Waals surface area contributed by atoms with Crippen LogP contribution in [-0.2, 0) is 115 Å². The van der Waals surface area contributed by atoms with E-state index in [0.717, 1.165) is 22.3 Å². The van der Waals surface area contributed by atoms with Crippen LogP contribution in [0.3, 0.4) is 0 Å². The summed E-state index contributed by atoms with van der Waals surface area (Å²) >= 11 is 0. The number of carbonyl (C=O) groups is 8. The summed E-state index contributed by atoms with van der Waals surface area (Å²) in [5.41, 5.74) is 1.23. The second-order valence-corrected chi connectivity index (χ2v) is 22.0. The number of rotatable bonds is 12. The van der Waals surface area contributed by atoms with Gasteiger partial charge in [0, 0.05) is 86.8 Å². The summed E-state index contributed by atoms with van der Waals surface area (Å²) in [7, 11) is 0. The molecule has 11 aromatic heterocycles. The summed E-state index contributed by atoms with van der Waals surface area (Å²) in [4.78, 5) is 142. The maximum Gasteiger partial charge on any atom is 2.00 e. The van der Waals surface area contributed by atoms with Crippen LogP contribution in [0.2, 0.25) is 0 Å². The molecule has 36 heteroatoms. The Kier molecular flexibility index (Phi) is 54.1. The molecule has 0 saturated heterocycles. The van der Waals surface area contributed by atoms with Crippen LogP contribution in [0.1, 0.15) is 106 Å². The number of nitrogens with zero attached hydrogens (tertiary/aromatic N) is 15. The molecule has 0 aliphatic carbocycles. The van der Waals surface area contributed by atoms with Gasteiger partial charge in [0.05, 0.1) is 46.7 Å². The first-order chi connectivity index (χ1) is 54.9. The molecule has 0 unspecified atom stereocenters. The van der Waals surface area contributed by atoms with E-state index in [1.54, 1.807) is 184 Å². The molecule has 0 bridgehead atoms. The Morgan fingerprint density at radius 3 is 0.437 bits per heavy atom. The Hall–Kier alpha value is -12.8. The molecule has 0 aliphatic heterocycles. The first kappa shape index (κ1) is 106. The van der Waals surface area contributed by atoms with Crippen molar-refractivity contribution >= 4 is 47.8 Å². The third-order valence-electron chi connectivity index (χ3n) is 13.4. The van der Waals surface area contributed by atoms with Crippen molar-refractivity contribution in [3.05, 3.63) is 379 Å². The van der Waals surface area contributed by atoms with Gasteiger partial charge in [-0.1, -0.05) is 185 Å². The summed E-state index contributed by atoms with van der Waals surface area (Å²) in [6.07, 6.45) is 24.5. The van der Waals surface area contributed by atoms with Crippen molar-refractivity contribution < 1.29 is 194 Å². The minimum atomic E-state index is -1.65. The Morgan fingerprint density at radius 1 is 0.235 bits per heavy atom. The number of imidazole rings is 4. The Bertz CT molecular complexity index is 4270. The normalized spacial score (nSPS) is 9.04. The number of carboxylic acid groups (broad SMARTS) is 8. The summed E-state index contributed by atoms with van der Waals surface area (Å²) in [6, 6.07) is 67.9. The Morgan fingerprint density at radius 2 is 0.361 bits per heavy atom. The fourth-order valence-electron chi connectivity index (χ4n) is 8.05. The summed E-state index contributed by atoms with van der Waals surface area (Å²) in [6.45, 7) is 7.58. The maximum absolute atomic E-state index is 10.8. The molecule has 15 aromatic rings. The number of carbonyl (C=O) groups excluding carboxylic acids is 4. The van der Waals surface area contributed by atoms with Crippen molar-refractivity contribution in [3.8, 4) is 45.6 Å². The first-order valence-corrected chi connectivity index (χ1v) is 33.2. The summed E-state index contributed by atoms with van der Waals surface area (Å²) < 4.78 is 0. The van der Waals surface area contributed by atoms with Crippen molar-refractivity contribution in [1.82, 2.24) is 74.8 Å². The van der Waals surface area contributed by atoms with Gasteiger partial charge in [-0.25, -0.2) is 19.2 Å². The molecule has 4 aromatic carbocycles. The molecule has 32 nitrogen and oxygen atoms in total. The number of aromatic nitrogens is 15. The van der Waals surface area contributed by atoms with Crippen molar-refractivity contribution in [3.63, 3.8) is 0 Å².